The molecule has 2 amide bonds. The van der Waals surface area contributed by atoms with E-state index in [0.717, 1.165) is 41.5 Å². The topological polar surface area (TPSA) is 98.1 Å². The quantitative estimate of drug-likeness (QED) is 0.479. The Morgan fingerprint density at radius 1 is 1.28 bits per heavy atom. The molecule has 3 aromatic rings. The van der Waals surface area contributed by atoms with E-state index in [2.05, 4.69) is 34.6 Å². The van der Waals surface area contributed by atoms with Crippen LogP contribution in [0.4, 0.5) is 10.2 Å². The number of rotatable bonds is 7. The number of carbonyl (C=O) groups excluding carboxylic acids is 2. The van der Waals surface area contributed by atoms with E-state index in [1.54, 1.807) is 16.9 Å². The molecule has 2 heterocycles. The van der Waals surface area contributed by atoms with Gasteiger partial charge in [0, 0.05) is 46.2 Å². The van der Waals surface area contributed by atoms with Gasteiger partial charge in [-0.15, -0.1) is 0 Å². The van der Waals surface area contributed by atoms with E-state index < -0.39 is 0 Å². The van der Waals surface area contributed by atoms with Crippen LogP contribution in [-0.4, -0.2) is 46.3 Å². The van der Waals surface area contributed by atoms with Gasteiger partial charge in [-0.2, -0.15) is 5.10 Å². The molecular weight excluding hydrogens is 461 g/mol. The Kier molecular flexibility index (Phi) is 7.68. The maximum Gasteiger partial charge on any atom is 0.246 e. The molecule has 1 aliphatic carbocycles. The average molecular weight is 500 g/mol. The van der Waals surface area contributed by atoms with Gasteiger partial charge in [0.2, 0.25) is 11.8 Å². The van der Waals surface area contributed by atoms with Crippen LogP contribution in [0.5, 0.6) is 0 Å². The third kappa shape index (κ3) is 5.41. The summed E-state index contributed by atoms with van der Waals surface area (Å²) in [5, 5.41) is 11.0. The Morgan fingerprint density at radius 3 is 2.78 bits per heavy atom. The fraction of sp³-hybridized carbons (Fsp3) is 0.481. The maximum atomic E-state index is 15.1. The normalized spacial score (nSPS) is 18.0. The standard InChI is InChI=1S/C27H34FN5O3.2H2/c1-15(2)26-21-10-18(11-22(28)25(21)32-33(26)4)20-12-23(29-13-16(20)3)31-27(35)17-7-6-8-19(9-17)30-24(34)14-36-5;;/h10-13,15,17,19H,6-9,14H2,1-5H3,(H,30,34)(H,29,31,35);2*1H/t17-,19+;;/m0../s1. The molecule has 9 heteroatoms. The van der Waals surface area contributed by atoms with Crippen molar-refractivity contribution in [2.75, 3.05) is 19.0 Å². The molecule has 2 atom stereocenters. The summed E-state index contributed by atoms with van der Waals surface area (Å²) in [5.41, 5.74) is 3.71. The Hall–Kier alpha value is -3.33. The number of carbonyl (C=O) groups is 2. The molecule has 4 rings (SSSR count). The number of pyridine rings is 1. The monoisotopic (exact) mass is 499 g/mol. The summed E-state index contributed by atoms with van der Waals surface area (Å²) in [6.45, 7) is 6.04. The van der Waals surface area contributed by atoms with Gasteiger partial charge in [-0.05, 0) is 67.0 Å². The molecule has 0 bridgehead atoms. The molecule has 1 saturated carbocycles. The van der Waals surface area contributed by atoms with Crippen molar-refractivity contribution in [3.8, 4) is 11.1 Å². The lowest BCUT2D eigenvalue weighted by molar-refractivity contribution is -0.127. The number of hydrogen-bond donors (Lipinski definition) is 2. The Bertz CT molecular complexity index is 1300. The number of benzene rings is 1. The SMILES string of the molecule is COCC(=O)N[C@@H]1CCC[C@H](C(=O)Nc2cc(-c3cc(F)c4nn(C)c(C(C)C)c4c3)c(C)cn2)C1.[HH].[HH]. The average Bonchev–Trinajstić information content (AvgIpc) is 3.17. The molecule has 196 valence electrons. The lowest BCUT2D eigenvalue weighted by Crippen LogP contribution is -2.42. The van der Waals surface area contributed by atoms with Crippen LogP contribution in [0.1, 0.15) is 59.6 Å². The Balaban J connectivity index is 0.00000253. The van der Waals surface area contributed by atoms with Crippen molar-refractivity contribution in [1.82, 2.24) is 20.1 Å². The van der Waals surface area contributed by atoms with E-state index in [-0.39, 0.29) is 45.0 Å². The van der Waals surface area contributed by atoms with Crippen molar-refractivity contribution in [3.63, 3.8) is 0 Å². The highest BCUT2D eigenvalue weighted by Gasteiger charge is 2.28. The van der Waals surface area contributed by atoms with Gasteiger partial charge in [0.25, 0.3) is 0 Å². The number of amides is 2. The number of aryl methyl sites for hydroxylation is 2. The second-order valence-corrected chi connectivity index (χ2v) is 9.95. The molecule has 1 fully saturated rings. The van der Waals surface area contributed by atoms with Crippen LogP contribution < -0.4 is 10.6 Å². The molecule has 1 aliphatic rings. The molecule has 0 saturated heterocycles. The van der Waals surface area contributed by atoms with Crippen molar-refractivity contribution in [2.45, 2.75) is 58.4 Å². The zero-order valence-corrected chi connectivity index (χ0v) is 21.5. The fourth-order valence-electron chi connectivity index (χ4n) is 5.21. The number of halogens is 1. The zero-order valence-electron chi connectivity index (χ0n) is 21.5. The van der Waals surface area contributed by atoms with E-state index >= 15 is 4.39 Å². The van der Waals surface area contributed by atoms with Gasteiger partial charge in [0.1, 0.15) is 17.9 Å². The van der Waals surface area contributed by atoms with Gasteiger partial charge in [0.05, 0.1) is 0 Å². The number of nitrogens with one attached hydrogen (secondary N) is 2. The summed E-state index contributed by atoms with van der Waals surface area (Å²) in [7, 11) is 3.31. The first kappa shape index (κ1) is 25.8. The minimum absolute atomic E-state index is 0. The second kappa shape index (κ2) is 10.7. The number of nitrogens with zero attached hydrogens (tertiary/aromatic N) is 3. The number of ether oxygens (including phenoxy) is 1. The van der Waals surface area contributed by atoms with Gasteiger partial charge < -0.3 is 15.4 Å². The molecule has 1 aromatic carbocycles. The summed E-state index contributed by atoms with van der Waals surface area (Å²) < 4.78 is 21.7. The summed E-state index contributed by atoms with van der Waals surface area (Å²) in [6.07, 6.45) is 4.70. The lowest BCUT2D eigenvalue weighted by Gasteiger charge is -2.29. The minimum Gasteiger partial charge on any atom is -0.375 e. The fourth-order valence-corrected chi connectivity index (χ4v) is 5.21. The zero-order chi connectivity index (χ0) is 26.0. The first-order chi connectivity index (χ1) is 17.2. The smallest absolute Gasteiger partial charge is 0.246 e. The molecule has 36 heavy (non-hydrogen) atoms. The first-order valence-corrected chi connectivity index (χ1v) is 12.4. The van der Waals surface area contributed by atoms with Gasteiger partial charge >= 0.3 is 0 Å². The predicted octanol–water partition coefficient (Wildman–Crippen LogP) is 4.96. The third-order valence-corrected chi connectivity index (χ3v) is 6.84. The molecule has 0 spiro atoms. The number of methoxy groups -OCH3 is 1. The Morgan fingerprint density at radius 2 is 2.06 bits per heavy atom. The maximum absolute atomic E-state index is 15.1. The molecule has 2 N–H and O–H groups in total. The van der Waals surface area contributed by atoms with E-state index in [4.69, 9.17) is 4.74 Å². The van der Waals surface area contributed by atoms with Crippen LogP contribution in [0.15, 0.2) is 24.4 Å². The molecule has 0 radical (unpaired) electrons. The largest absolute Gasteiger partial charge is 0.375 e. The summed E-state index contributed by atoms with van der Waals surface area (Å²) in [6, 6.07) is 5.19. The number of hydrogen-bond acceptors (Lipinski definition) is 5. The van der Waals surface area contributed by atoms with Gasteiger partial charge in [-0.25, -0.2) is 9.37 Å². The van der Waals surface area contributed by atoms with Gasteiger partial charge in [-0.3, -0.25) is 14.3 Å². The van der Waals surface area contributed by atoms with Crippen LogP contribution in [0.3, 0.4) is 0 Å². The van der Waals surface area contributed by atoms with E-state index in [0.29, 0.717) is 23.3 Å². The highest BCUT2D eigenvalue weighted by molar-refractivity contribution is 5.93. The minimum atomic E-state index is -0.379. The Labute approximate surface area is 213 Å². The van der Waals surface area contributed by atoms with Crippen LogP contribution >= 0.6 is 0 Å². The highest BCUT2D eigenvalue weighted by Crippen LogP contribution is 2.34. The second-order valence-electron chi connectivity index (χ2n) is 9.95. The highest BCUT2D eigenvalue weighted by atomic mass is 19.1. The van der Waals surface area contributed by atoms with E-state index in [1.165, 1.54) is 13.2 Å². The molecule has 0 unspecified atom stereocenters. The number of anilines is 1. The number of aromatic nitrogens is 3. The first-order valence-electron chi connectivity index (χ1n) is 12.4. The van der Waals surface area contributed by atoms with Crippen LogP contribution in [-0.2, 0) is 21.4 Å². The van der Waals surface area contributed by atoms with E-state index in [9.17, 15) is 9.59 Å². The van der Waals surface area contributed by atoms with Crippen molar-refractivity contribution in [1.29, 1.82) is 0 Å². The van der Waals surface area contributed by atoms with Crippen LogP contribution in [0, 0.1) is 18.7 Å². The summed E-state index contributed by atoms with van der Waals surface area (Å²) in [5.74, 6) is -0.305. The molecular formula is C27H38FN5O3. The van der Waals surface area contributed by atoms with E-state index in [1.807, 2.05) is 20.0 Å². The summed E-state index contributed by atoms with van der Waals surface area (Å²) >= 11 is 0. The van der Waals surface area contributed by atoms with Crippen molar-refractivity contribution >= 4 is 28.5 Å². The molecule has 2 aromatic heterocycles. The lowest BCUT2D eigenvalue weighted by atomic mass is 9.85. The number of fused-ring (bicyclic) bond motifs is 1. The predicted molar refractivity (Wildman–Crippen MR) is 141 cm³/mol. The summed E-state index contributed by atoms with van der Waals surface area (Å²) in [4.78, 5) is 29.3. The molecule has 8 nitrogen and oxygen atoms in total. The molecule has 0 aliphatic heterocycles. The van der Waals surface area contributed by atoms with Gasteiger partial charge in [-0.1, -0.05) is 20.3 Å². The van der Waals surface area contributed by atoms with Crippen molar-refractivity contribution in [2.24, 2.45) is 13.0 Å². The van der Waals surface area contributed by atoms with Crippen LogP contribution in [0.25, 0.3) is 22.0 Å². The third-order valence-electron chi connectivity index (χ3n) is 6.84. The van der Waals surface area contributed by atoms with Gasteiger partial charge in [0.15, 0.2) is 5.82 Å². The van der Waals surface area contributed by atoms with Crippen LogP contribution in [0.2, 0.25) is 0 Å². The van der Waals surface area contributed by atoms with Crippen molar-refractivity contribution < 1.29 is 21.6 Å². The van der Waals surface area contributed by atoms with Crippen molar-refractivity contribution in [3.05, 3.63) is 41.5 Å².